The molecule has 3 heteroatoms. The van der Waals surface area contributed by atoms with Gasteiger partial charge in [0.1, 0.15) is 0 Å². The van der Waals surface area contributed by atoms with E-state index in [9.17, 15) is 4.79 Å². The maximum absolute atomic E-state index is 10.5. The molecule has 0 spiro atoms. The molecule has 86 valence electrons. The van der Waals surface area contributed by atoms with Crippen molar-refractivity contribution in [3.8, 4) is 0 Å². The van der Waals surface area contributed by atoms with Gasteiger partial charge in [-0.15, -0.1) is 11.8 Å². The van der Waals surface area contributed by atoms with Gasteiger partial charge in [-0.1, -0.05) is 31.2 Å². The highest BCUT2D eigenvalue weighted by molar-refractivity contribution is 7.99. The lowest BCUT2D eigenvalue weighted by Gasteiger charge is -2.03. The van der Waals surface area contributed by atoms with Crippen molar-refractivity contribution in [2.24, 2.45) is 0 Å². The number of carbonyl (C=O) groups is 1. The third-order valence-electron chi connectivity index (χ3n) is 2.22. The first-order valence-electron chi connectivity index (χ1n) is 5.22. The summed E-state index contributed by atoms with van der Waals surface area (Å²) in [7, 11) is 0. The molecule has 0 saturated carbocycles. The number of benzene rings is 1. The van der Waals surface area contributed by atoms with Crippen LogP contribution in [-0.2, 0) is 11.2 Å². The molecule has 0 aromatic heterocycles. The predicted molar refractivity (Wildman–Crippen MR) is 67.9 cm³/mol. The van der Waals surface area contributed by atoms with E-state index in [1.54, 1.807) is 11.8 Å². The molecule has 0 saturated heterocycles. The zero-order chi connectivity index (χ0) is 12.0. The second kappa shape index (κ2) is 6.38. The van der Waals surface area contributed by atoms with Crippen molar-refractivity contribution in [3.63, 3.8) is 0 Å². The SMILES string of the molecule is C=C(CC)CSc1ccc(CC(=O)O)cc1. The van der Waals surface area contributed by atoms with Crippen molar-refractivity contribution in [1.82, 2.24) is 0 Å². The summed E-state index contributed by atoms with van der Waals surface area (Å²) >= 11 is 1.73. The summed E-state index contributed by atoms with van der Waals surface area (Å²) in [6.07, 6.45) is 1.09. The summed E-state index contributed by atoms with van der Waals surface area (Å²) in [6.45, 7) is 6.04. The van der Waals surface area contributed by atoms with Gasteiger partial charge in [0.2, 0.25) is 0 Å². The van der Waals surface area contributed by atoms with E-state index in [1.807, 2.05) is 24.3 Å². The van der Waals surface area contributed by atoms with Gasteiger partial charge in [-0.2, -0.15) is 0 Å². The van der Waals surface area contributed by atoms with Crippen LogP contribution < -0.4 is 0 Å². The van der Waals surface area contributed by atoms with Gasteiger partial charge in [0.05, 0.1) is 6.42 Å². The molecule has 0 fully saturated rings. The van der Waals surface area contributed by atoms with E-state index >= 15 is 0 Å². The fourth-order valence-electron chi connectivity index (χ4n) is 1.17. The number of rotatable bonds is 6. The topological polar surface area (TPSA) is 37.3 Å². The molecule has 2 nitrogen and oxygen atoms in total. The molecule has 1 aromatic carbocycles. The molecule has 0 aliphatic heterocycles. The summed E-state index contributed by atoms with van der Waals surface area (Å²) in [6, 6.07) is 7.66. The Hall–Kier alpha value is -1.22. The quantitative estimate of drug-likeness (QED) is 0.608. The Balaban J connectivity index is 2.51. The lowest BCUT2D eigenvalue weighted by atomic mass is 10.2. The van der Waals surface area contributed by atoms with E-state index in [4.69, 9.17) is 5.11 Å². The molecule has 1 N–H and O–H groups in total. The second-order valence-corrected chi connectivity index (χ2v) is 4.66. The molecule has 0 aliphatic carbocycles. The monoisotopic (exact) mass is 236 g/mol. The number of hydrogen-bond acceptors (Lipinski definition) is 2. The van der Waals surface area contributed by atoms with Crippen molar-refractivity contribution < 1.29 is 9.90 Å². The zero-order valence-corrected chi connectivity index (χ0v) is 10.2. The molecule has 16 heavy (non-hydrogen) atoms. The molecule has 0 aliphatic rings. The highest BCUT2D eigenvalue weighted by Gasteiger charge is 2.00. The van der Waals surface area contributed by atoms with E-state index in [1.165, 1.54) is 5.57 Å². The van der Waals surface area contributed by atoms with Gasteiger partial charge >= 0.3 is 5.97 Å². The first kappa shape index (κ1) is 12.8. The third kappa shape index (κ3) is 4.53. The maximum Gasteiger partial charge on any atom is 0.307 e. The average molecular weight is 236 g/mol. The largest absolute Gasteiger partial charge is 0.481 e. The van der Waals surface area contributed by atoms with Crippen LogP contribution in [-0.4, -0.2) is 16.8 Å². The maximum atomic E-state index is 10.5. The highest BCUT2D eigenvalue weighted by atomic mass is 32.2. The molecular weight excluding hydrogens is 220 g/mol. The molecule has 0 atom stereocenters. The molecule has 0 bridgehead atoms. The Labute approximate surface area is 100 Å². The van der Waals surface area contributed by atoms with Gasteiger partial charge in [-0.05, 0) is 24.1 Å². The fraction of sp³-hybridized carbons (Fsp3) is 0.308. The number of hydrogen-bond donors (Lipinski definition) is 1. The van der Waals surface area contributed by atoms with Crippen LogP contribution in [0.25, 0.3) is 0 Å². The molecule has 0 amide bonds. The molecular formula is C13H16O2S. The first-order valence-corrected chi connectivity index (χ1v) is 6.20. The Bertz CT molecular complexity index is 368. The van der Waals surface area contributed by atoms with E-state index in [0.29, 0.717) is 0 Å². The number of thioether (sulfide) groups is 1. The Morgan fingerprint density at radius 3 is 2.50 bits per heavy atom. The minimum atomic E-state index is -0.792. The summed E-state index contributed by atoms with van der Waals surface area (Å²) in [5, 5.41) is 8.63. The standard InChI is InChI=1S/C13H16O2S/c1-3-10(2)9-16-12-6-4-11(5-7-12)8-13(14)15/h4-7H,2-3,8-9H2,1H3,(H,14,15). The minimum Gasteiger partial charge on any atom is -0.481 e. The third-order valence-corrected chi connectivity index (χ3v) is 3.38. The smallest absolute Gasteiger partial charge is 0.307 e. The van der Waals surface area contributed by atoms with E-state index < -0.39 is 5.97 Å². The van der Waals surface area contributed by atoms with Crippen LogP contribution in [0.3, 0.4) is 0 Å². The van der Waals surface area contributed by atoms with Gasteiger partial charge in [-0.25, -0.2) is 0 Å². The summed E-state index contributed by atoms with van der Waals surface area (Å²) < 4.78 is 0. The predicted octanol–water partition coefficient (Wildman–Crippen LogP) is 3.37. The molecule has 1 rings (SSSR count). The van der Waals surface area contributed by atoms with E-state index in [2.05, 4.69) is 13.5 Å². The normalized spacial score (nSPS) is 10.1. The van der Waals surface area contributed by atoms with Crippen LogP contribution in [0.1, 0.15) is 18.9 Å². The van der Waals surface area contributed by atoms with Crippen LogP contribution >= 0.6 is 11.8 Å². The highest BCUT2D eigenvalue weighted by Crippen LogP contribution is 2.21. The van der Waals surface area contributed by atoms with Crippen molar-refractivity contribution >= 4 is 17.7 Å². The number of aliphatic carboxylic acids is 1. The zero-order valence-electron chi connectivity index (χ0n) is 9.40. The first-order chi connectivity index (χ1) is 7.61. The Morgan fingerprint density at radius 1 is 1.38 bits per heavy atom. The Kier molecular flexibility index (Phi) is 5.12. The van der Waals surface area contributed by atoms with Gasteiger partial charge in [-0.3, -0.25) is 4.79 Å². The van der Waals surface area contributed by atoms with E-state index in [-0.39, 0.29) is 6.42 Å². The lowest BCUT2D eigenvalue weighted by molar-refractivity contribution is -0.136. The van der Waals surface area contributed by atoms with Crippen molar-refractivity contribution in [1.29, 1.82) is 0 Å². The van der Waals surface area contributed by atoms with Crippen molar-refractivity contribution in [3.05, 3.63) is 42.0 Å². The van der Waals surface area contributed by atoms with Crippen molar-refractivity contribution in [2.45, 2.75) is 24.7 Å². The van der Waals surface area contributed by atoms with Gasteiger partial charge in [0.25, 0.3) is 0 Å². The van der Waals surface area contributed by atoms with E-state index in [0.717, 1.165) is 22.6 Å². The molecule has 0 heterocycles. The minimum absolute atomic E-state index is 0.0899. The van der Waals surface area contributed by atoms with Crippen LogP contribution in [0.4, 0.5) is 0 Å². The summed E-state index contributed by atoms with van der Waals surface area (Å²) in [5.41, 5.74) is 2.06. The second-order valence-electron chi connectivity index (χ2n) is 3.61. The number of carboxylic acid groups (broad SMARTS) is 1. The molecule has 0 radical (unpaired) electrons. The van der Waals surface area contributed by atoms with Gasteiger partial charge in [0.15, 0.2) is 0 Å². The van der Waals surface area contributed by atoms with Gasteiger partial charge in [0, 0.05) is 10.6 Å². The summed E-state index contributed by atoms with van der Waals surface area (Å²) in [5.74, 6) is 0.133. The fourth-order valence-corrected chi connectivity index (χ4v) is 2.07. The lowest BCUT2D eigenvalue weighted by Crippen LogP contribution is -1.99. The van der Waals surface area contributed by atoms with Crippen molar-refractivity contribution in [2.75, 3.05) is 5.75 Å². The molecule has 0 unspecified atom stereocenters. The van der Waals surface area contributed by atoms with Crippen LogP contribution in [0.2, 0.25) is 0 Å². The molecule has 1 aromatic rings. The van der Waals surface area contributed by atoms with Crippen LogP contribution in [0.5, 0.6) is 0 Å². The average Bonchev–Trinajstić information content (AvgIpc) is 2.27. The van der Waals surface area contributed by atoms with Crippen LogP contribution in [0.15, 0.2) is 41.3 Å². The summed E-state index contributed by atoms with van der Waals surface area (Å²) in [4.78, 5) is 11.6. The Morgan fingerprint density at radius 2 is 2.00 bits per heavy atom. The van der Waals surface area contributed by atoms with Gasteiger partial charge < -0.3 is 5.11 Å². The number of carboxylic acids is 1. The van der Waals surface area contributed by atoms with Crippen LogP contribution in [0, 0.1) is 0 Å².